The van der Waals surface area contributed by atoms with Crippen molar-refractivity contribution in [3.8, 4) is 17.6 Å². The maximum Gasteiger partial charge on any atom is 0.255 e. The smallest absolute Gasteiger partial charge is 0.255 e. The van der Waals surface area contributed by atoms with Gasteiger partial charge in [-0.15, -0.1) is 5.92 Å². The minimum absolute atomic E-state index is 0.0421. The van der Waals surface area contributed by atoms with Gasteiger partial charge < -0.3 is 26.2 Å². The van der Waals surface area contributed by atoms with Crippen molar-refractivity contribution in [3.63, 3.8) is 0 Å². The van der Waals surface area contributed by atoms with Crippen molar-refractivity contribution in [2.24, 2.45) is 17.6 Å². The normalized spacial score (nSPS) is 28.7. The van der Waals surface area contributed by atoms with Gasteiger partial charge in [0.2, 0.25) is 5.78 Å². The van der Waals surface area contributed by atoms with Gasteiger partial charge in [0.15, 0.2) is 11.4 Å². The number of nitrogens with two attached hydrogens (primary N) is 1. The number of Topliss-reactive ketones (excluding diaryl/α,β-unsaturated/α-hetero) is 2. The summed E-state index contributed by atoms with van der Waals surface area (Å²) in [6, 6.07) is 1.91. The Hall–Kier alpha value is -3.61. The molecule has 0 aliphatic heterocycles. The van der Waals surface area contributed by atoms with Gasteiger partial charge in [-0.05, 0) is 57.5 Å². The SMILES string of the molecule is CC#Cc1ccc(O)c2c1C[C@H]1C[C@H]3C(N(C)C)C(O)=C(C(N)=O)C(=O)[C@@]3(O)C(O)=C1C2=O. The number of rotatable bonds is 2. The molecule has 0 spiro atoms. The fourth-order valence-corrected chi connectivity index (χ4v) is 5.50. The van der Waals surface area contributed by atoms with E-state index in [0.717, 1.165) is 0 Å². The molecule has 1 amide bonds. The molecule has 33 heavy (non-hydrogen) atoms. The highest BCUT2D eigenvalue weighted by atomic mass is 16.3. The maximum absolute atomic E-state index is 13.4. The van der Waals surface area contributed by atoms with E-state index in [9.17, 15) is 34.8 Å². The number of carbonyl (C=O) groups is 3. The molecule has 1 unspecified atom stereocenters. The first-order chi connectivity index (χ1) is 15.5. The summed E-state index contributed by atoms with van der Waals surface area (Å²) in [5.41, 5.74) is 2.68. The summed E-state index contributed by atoms with van der Waals surface area (Å²) in [6.07, 6.45) is 0.257. The van der Waals surface area contributed by atoms with Gasteiger partial charge in [-0.2, -0.15) is 0 Å². The Balaban J connectivity index is 1.98. The number of ketones is 2. The Bertz CT molecular complexity index is 1250. The Kier molecular flexibility index (Phi) is 5.11. The number of aliphatic hydroxyl groups is 3. The van der Waals surface area contributed by atoms with Crippen LogP contribution >= 0.6 is 0 Å². The first kappa shape index (κ1) is 22.6. The van der Waals surface area contributed by atoms with E-state index < -0.39 is 58.0 Å². The maximum atomic E-state index is 13.4. The molecule has 9 nitrogen and oxygen atoms in total. The van der Waals surface area contributed by atoms with Crippen molar-refractivity contribution in [1.29, 1.82) is 0 Å². The van der Waals surface area contributed by atoms with E-state index in [-0.39, 0.29) is 29.7 Å². The first-order valence-corrected chi connectivity index (χ1v) is 10.4. The lowest BCUT2D eigenvalue weighted by Crippen LogP contribution is -2.63. The monoisotopic (exact) mass is 452 g/mol. The van der Waals surface area contributed by atoms with Crippen molar-refractivity contribution in [2.45, 2.75) is 31.4 Å². The second-order valence-electron chi connectivity index (χ2n) is 8.82. The molecule has 4 rings (SSSR count). The highest BCUT2D eigenvalue weighted by Crippen LogP contribution is 2.52. The molecule has 1 aromatic carbocycles. The van der Waals surface area contributed by atoms with Gasteiger partial charge in [-0.3, -0.25) is 19.3 Å². The number of amides is 1. The minimum Gasteiger partial charge on any atom is -0.510 e. The summed E-state index contributed by atoms with van der Waals surface area (Å²) in [6.45, 7) is 1.64. The predicted molar refractivity (Wildman–Crippen MR) is 116 cm³/mol. The van der Waals surface area contributed by atoms with Crippen molar-refractivity contribution in [1.82, 2.24) is 4.90 Å². The highest BCUT2D eigenvalue weighted by molar-refractivity contribution is 6.24. The van der Waals surface area contributed by atoms with Crippen LogP contribution in [0.4, 0.5) is 0 Å². The number of aliphatic hydroxyl groups excluding tert-OH is 2. The number of nitrogens with zero attached hydrogens (tertiary/aromatic N) is 1. The third kappa shape index (κ3) is 2.91. The second-order valence-corrected chi connectivity index (χ2v) is 8.82. The topological polar surface area (TPSA) is 161 Å². The molecular weight excluding hydrogens is 428 g/mol. The molecule has 9 heteroatoms. The van der Waals surface area contributed by atoms with Gasteiger partial charge in [0, 0.05) is 17.1 Å². The zero-order valence-electron chi connectivity index (χ0n) is 18.3. The lowest BCUT2D eigenvalue weighted by atomic mass is 9.58. The lowest BCUT2D eigenvalue weighted by Gasteiger charge is -2.50. The Morgan fingerprint density at radius 2 is 1.88 bits per heavy atom. The molecular formula is C24H24N2O7. The number of aromatic hydroxyl groups is 1. The van der Waals surface area contributed by atoms with Gasteiger partial charge in [0.05, 0.1) is 11.6 Å². The Labute approximate surface area is 189 Å². The number of phenols is 1. The number of carbonyl (C=O) groups excluding carboxylic acids is 3. The lowest BCUT2D eigenvalue weighted by molar-refractivity contribution is -0.148. The van der Waals surface area contributed by atoms with E-state index in [0.29, 0.717) is 11.1 Å². The number of phenolic OH excluding ortho intramolecular Hbond substituents is 1. The Morgan fingerprint density at radius 1 is 1.21 bits per heavy atom. The molecule has 0 bridgehead atoms. The molecule has 172 valence electrons. The van der Waals surface area contributed by atoms with Crippen LogP contribution in [0.5, 0.6) is 5.75 Å². The van der Waals surface area contributed by atoms with Crippen LogP contribution in [0.15, 0.2) is 34.8 Å². The van der Waals surface area contributed by atoms with E-state index in [1.54, 1.807) is 27.1 Å². The summed E-state index contributed by atoms with van der Waals surface area (Å²) >= 11 is 0. The van der Waals surface area contributed by atoms with E-state index in [2.05, 4.69) is 11.8 Å². The zero-order valence-corrected chi connectivity index (χ0v) is 18.3. The summed E-state index contributed by atoms with van der Waals surface area (Å²) in [4.78, 5) is 40.1. The molecule has 0 saturated heterocycles. The van der Waals surface area contributed by atoms with Gasteiger partial charge in [0.1, 0.15) is 22.8 Å². The van der Waals surface area contributed by atoms with Crippen molar-refractivity contribution in [2.75, 3.05) is 14.1 Å². The van der Waals surface area contributed by atoms with Crippen molar-refractivity contribution < 1.29 is 34.8 Å². The second kappa shape index (κ2) is 7.47. The zero-order chi connectivity index (χ0) is 24.4. The van der Waals surface area contributed by atoms with E-state index in [1.807, 2.05) is 0 Å². The van der Waals surface area contributed by atoms with Crippen LogP contribution in [0.1, 0.15) is 34.8 Å². The highest BCUT2D eigenvalue weighted by Gasteiger charge is 2.63. The van der Waals surface area contributed by atoms with E-state index in [4.69, 9.17) is 5.73 Å². The summed E-state index contributed by atoms with van der Waals surface area (Å²) < 4.78 is 0. The molecule has 3 aliphatic carbocycles. The molecule has 0 saturated carbocycles. The molecule has 0 aromatic heterocycles. The van der Waals surface area contributed by atoms with Gasteiger partial charge in [-0.25, -0.2) is 0 Å². The van der Waals surface area contributed by atoms with E-state index in [1.165, 1.54) is 11.0 Å². The largest absolute Gasteiger partial charge is 0.510 e. The van der Waals surface area contributed by atoms with Crippen molar-refractivity contribution >= 4 is 17.5 Å². The molecule has 6 N–H and O–H groups in total. The number of likely N-dealkylation sites (N-methyl/N-ethyl adjacent to an activating group) is 1. The molecule has 4 atom stereocenters. The van der Waals surface area contributed by atoms with Crippen LogP contribution in [0.3, 0.4) is 0 Å². The number of fused-ring (bicyclic) bond motifs is 3. The average Bonchev–Trinajstić information content (AvgIpc) is 2.72. The first-order valence-electron chi connectivity index (χ1n) is 10.4. The number of hydrogen-bond donors (Lipinski definition) is 5. The molecule has 0 radical (unpaired) electrons. The van der Waals surface area contributed by atoms with Gasteiger partial charge in [-0.1, -0.05) is 5.92 Å². The van der Waals surface area contributed by atoms with Crippen LogP contribution in [0.25, 0.3) is 0 Å². The van der Waals surface area contributed by atoms with Crippen LogP contribution in [-0.2, 0) is 16.0 Å². The van der Waals surface area contributed by atoms with Crippen molar-refractivity contribution in [3.05, 3.63) is 51.5 Å². The summed E-state index contributed by atoms with van der Waals surface area (Å²) in [5.74, 6) is -1.00. The third-order valence-corrected chi connectivity index (χ3v) is 6.87. The number of hydrogen-bond acceptors (Lipinski definition) is 8. The number of primary amides is 1. The molecule has 1 aromatic rings. The summed E-state index contributed by atoms with van der Waals surface area (Å²) in [7, 11) is 3.17. The van der Waals surface area contributed by atoms with Crippen LogP contribution < -0.4 is 5.73 Å². The standard InChI is InChI=1S/C24H24N2O7/c1-4-5-10-6-7-14(27)16-12(10)8-11-9-13-18(26(2)3)20(29)17(23(25)32)22(31)24(13,33)21(30)15(11)19(16)28/h6-7,11,13,18,27,29-30,33H,8-9H2,1-3H3,(H2,25,32)/t11-,13-,18?,24-/m0/s1. The molecule has 0 heterocycles. The summed E-state index contributed by atoms with van der Waals surface area (Å²) in [5, 5.41) is 43.8. The van der Waals surface area contributed by atoms with Crippen LogP contribution in [-0.4, -0.2) is 68.5 Å². The number of benzene rings is 1. The van der Waals surface area contributed by atoms with Gasteiger partial charge >= 0.3 is 0 Å². The minimum atomic E-state index is -2.64. The van der Waals surface area contributed by atoms with Gasteiger partial charge in [0.25, 0.3) is 5.91 Å². The van der Waals surface area contributed by atoms with E-state index >= 15 is 0 Å². The quantitative estimate of drug-likeness (QED) is 0.320. The predicted octanol–water partition coefficient (Wildman–Crippen LogP) is 0.492. The fraction of sp³-hybridized carbons (Fsp3) is 0.375. The molecule has 3 aliphatic rings. The van der Waals surface area contributed by atoms with Crippen LogP contribution in [0.2, 0.25) is 0 Å². The Morgan fingerprint density at radius 3 is 2.45 bits per heavy atom. The molecule has 0 fully saturated rings. The third-order valence-electron chi connectivity index (χ3n) is 6.87. The number of allylic oxidation sites excluding steroid dienone is 1. The fourth-order valence-electron chi connectivity index (χ4n) is 5.50. The average molecular weight is 452 g/mol. The van der Waals surface area contributed by atoms with Crippen LogP contribution in [0, 0.1) is 23.7 Å².